The molecule has 0 aliphatic heterocycles. The number of alkyl halides is 1. The standard InChI is InChI=1S/C7H12FN3S/c1-2-7(8,4-9)5-3-11-6(10)12-5/h3H,2,4,9H2,1H3,(H2,10,11). The second-order valence-electron chi connectivity index (χ2n) is 2.59. The minimum atomic E-state index is -1.45. The van der Waals surface area contributed by atoms with E-state index in [9.17, 15) is 4.39 Å². The van der Waals surface area contributed by atoms with Crippen LogP contribution in [0.2, 0.25) is 0 Å². The van der Waals surface area contributed by atoms with Gasteiger partial charge < -0.3 is 11.5 Å². The first kappa shape index (κ1) is 9.41. The quantitative estimate of drug-likeness (QED) is 0.752. The van der Waals surface area contributed by atoms with Crippen molar-refractivity contribution < 1.29 is 4.39 Å². The van der Waals surface area contributed by atoms with Crippen LogP contribution in [0.15, 0.2) is 6.20 Å². The van der Waals surface area contributed by atoms with E-state index in [0.717, 1.165) is 11.3 Å². The summed E-state index contributed by atoms with van der Waals surface area (Å²) >= 11 is 1.16. The minimum Gasteiger partial charge on any atom is -0.375 e. The smallest absolute Gasteiger partial charge is 0.180 e. The van der Waals surface area contributed by atoms with Gasteiger partial charge in [-0.05, 0) is 6.42 Å². The molecule has 12 heavy (non-hydrogen) atoms. The number of anilines is 1. The fourth-order valence-electron chi connectivity index (χ4n) is 0.914. The van der Waals surface area contributed by atoms with Crippen molar-refractivity contribution in [1.82, 2.24) is 4.98 Å². The molecule has 0 saturated carbocycles. The van der Waals surface area contributed by atoms with Crippen molar-refractivity contribution in [2.24, 2.45) is 5.73 Å². The van der Waals surface area contributed by atoms with E-state index < -0.39 is 5.67 Å². The van der Waals surface area contributed by atoms with Crippen molar-refractivity contribution in [3.63, 3.8) is 0 Å². The molecule has 1 rings (SSSR count). The van der Waals surface area contributed by atoms with Gasteiger partial charge in [0, 0.05) is 12.7 Å². The monoisotopic (exact) mass is 189 g/mol. The molecular formula is C7H12FN3S. The topological polar surface area (TPSA) is 64.9 Å². The molecule has 0 radical (unpaired) electrons. The molecule has 1 heterocycles. The summed E-state index contributed by atoms with van der Waals surface area (Å²) in [6.45, 7) is 1.73. The number of rotatable bonds is 3. The molecule has 3 nitrogen and oxygen atoms in total. The Hall–Kier alpha value is -0.680. The first-order valence-corrected chi connectivity index (χ1v) is 4.55. The molecule has 0 saturated heterocycles. The fraction of sp³-hybridized carbons (Fsp3) is 0.571. The molecule has 5 heteroatoms. The van der Waals surface area contributed by atoms with Gasteiger partial charge in [-0.25, -0.2) is 9.37 Å². The number of thiazole rings is 1. The maximum absolute atomic E-state index is 13.8. The van der Waals surface area contributed by atoms with Gasteiger partial charge >= 0.3 is 0 Å². The molecule has 0 fully saturated rings. The van der Waals surface area contributed by atoms with E-state index in [1.54, 1.807) is 6.92 Å². The molecule has 0 aliphatic rings. The van der Waals surface area contributed by atoms with Gasteiger partial charge in [-0.1, -0.05) is 18.3 Å². The zero-order chi connectivity index (χ0) is 9.19. The van der Waals surface area contributed by atoms with Gasteiger partial charge in [0.2, 0.25) is 0 Å². The van der Waals surface area contributed by atoms with Crippen LogP contribution in [0.1, 0.15) is 18.2 Å². The van der Waals surface area contributed by atoms with Gasteiger partial charge in [-0.3, -0.25) is 0 Å². The summed E-state index contributed by atoms with van der Waals surface area (Å²) in [6.07, 6.45) is 1.81. The summed E-state index contributed by atoms with van der Waals surface area (Å²) in [7, 11) is 0. The Kier molecular flexibility index (Phi) is 2.64. The Morgan fingerprint density at radius 3 is 2.75 bits per heavy atom. The first-order valence-electron chi connectivity index (χ1n) is 3.73. The van der Waals surface area contributed by atoms with Gasteiger partial charge in [0.05, 0.1) is 4.88 Å². The van der Waals surface area contributed by atoms with E-state index in [1.165, 1.54) is 6.20 Å². The predicted octanol–water partition coefficient (Wildman–Crippen LogP) is 1.26. The Morgan fingerprint density at radius 1 is 1.75 bits per heavy atom. The van der Waals surface area contributed by atoms with Gasteiger partial charge in [-0.2, -0.15) is 0 Å². The fourth-order valence-corrected chi connectivity index (χ4v) is 1.76. The van der Waals surface area contributed by atoms with Crippen LogP contribution in [0.3, 0.4) is 0 Å². The van der Waals surface area contributed by atoms with Crippen LogP contribution in [0.25, 0.3) is 0 Å². The summed E-state index contributed by atoms with van der Waals surface area (Å²) in [5.41, 5.74) is 9.26. The lowest BCUT2D eigenvalue weighted by molar-refractivity contribution is 0.173. The number of aromatic nitrogens is 1. The van der Waals surface area contributed by atoms with Crippen molar-refractivity contribution >= 4 is 16.5 Å². The maximum Gasteiger partial charge on any atom is 0.180 e. The number of hydrogen-bond acceptors (Lipinski definition) is 4. The van der Waals surface area contributed by atoms with Crippen molar-refractivity contribution in [3.8, 4) is 0 Å². The van der Waals surface area contributed by atoms with Crippen LogP contribution < -0.4 is 11.5 Å². The number of nitrogens with zero attached hydrogens (tertiary/aromatic N) is 1. The summed E-state index contributed by atoms with van der Waals surface area (Å²) in [5, 5.41) is 0.383. The van der Waals surface area contributed by atoms with Crippen LogP contribution >= 0.6 is 11.3 Å². The van der Waals surface area contributed by atoms with E-state index in [1.807, 2.05) is 0 Å². The SMILES string of the molecule is CCC(F)(CN)c1cnc(N)s1. The van der Waals surface area contributed by atoms with E-state index >= 15 is 0 Å². The van der Waals surface area contributed by atoms with E-state index in [-0.39, 0.29) is 6.54 Å². The molecule has 0 bridgehead atoms. The Morgan fingerprint density at radius 2 is 2.42 bits per heavy atom. The minimum absolute atomic E-state index is 0.0227. The summed E-state index contributed by atoms with van der Waals surface area (Å²) in [5.74, 6) is 0. The van der Waals surface area contributed by atoms with Gasteiger partial charge in [0.25, 0.3) is 0 Å². The summed E-state index contributed by atoms with van der Waals surface area (Å²) in [6, 6.07) is 0. The third-order valence-electron chi connectivity index (χ3n) is 1.85. The lowest BCUT2D eigenvalue weighted by Crippen LogP contribution is -2.28. The average molecular weight is 189 g/mol. The first-order chi connectivity index (χ1) is 5.62. The average Bonchev–Trinajstić information content (AvgIpc) is 2.51. The Bertz CT molecular complexity index is 257. The molecule has 1 atom stereocenters. The zero-order valence-corrected chi connectivity index (χ0v) is 7.70. The summed E-state index contributed by atoms with van der Waals surface area (Å²) in [4.78, 5) is 4.30. The van der Waals surface area contributed by atoms with Gasteiger partial charge in [-0.15, -0.1) is 0 Å². The molecule has 1 aromatic heterocycles. The predicted molar refractivity (Wildman–Crippen MR) is 48.7 cm³/mol. The molecular weight excluding hydrogens is 177 g/mol. The normalized spacial score (nSPS) is 15.9. The second kappa shape index (κ2) is 3.37. The molecule has 0 spiro atoms. The highest BCUT2D eigenvalue weighted by molar-refractivity contribution is 7.15. The van der Waals surface area contributed by atoms with Crippen LogP contribution in [0, 0.1) is 0 Å². The van der Waals surface area contributed by atoms with Gasteiger partial charge in [0.15, 0.2) is 10.8 Å². The van der Waals surface area contributed by atoms with Crippen molar-refractivity contribution in [2.75, 3.05) is 12.3 Å². The highest BCUT2D eigenvalue weighted by atomic mass is 32.1. The van der Waals surface area contributed by atoms with E-state index in [0.29, 0.717) is 16.4 Å². The molecule has 68 valence electrons. The van der Waals surface area contributed by atoms with Crippen LogP contribution in [0.4, 0.5) is 9.52 Å². The molecule has 0 amide bonds. The molecule has 0 aromatic carbocycles. The van der Waals surface area contributed by atoms with Crippen LogP contribution in [-0.4, -0.2) is 11.5 Å². The number of hydrogen-bond donors (Lipinski definition) is 2. The Balaban J connectivity index is 2.94. The van der Waals surface area contributed by atoms with E-state index in [2.05, 4.69) is 4.98 Å². The number of halogens is 1. The Labute approximate surface area is 74.6 Å². The highest BCUT2D eigenvalue weighted by Crippen LogP contribution is 2.33. The lowest BCUT2D eigenvalue weighted by Gasteiger charge is -2.18. The van der Waals surface area contributed by atoms with Crippen LogP contribution in [0.5, 0.6) is 0 Å². The van der Waals surface area contributed by atoms with Crippen molar-refractivity contribution in [1.29, 1.82) is 0 Å². The maximum atomic E-state index is 13.8. The van der Waals surface area contributed by atoms with Crippen molar-refractivity contribution in [3.05, 3.63) is 11.1 Å². The molecule has 0 aliphatic carbocycles. The molecule has 1 unspecified atom stereocenters. The second-order valence-corrected chi connectivity index (χ2v) is 3.65. The van der Waals surface area contributed by atoms with E-state index in [4.69, 9.17) is 11.5 Å². The molecule has 1 aromatic rings. The van der Waals surface area contributed by atoms with Crippen molar-refractivity contribution in [2.45, 2.75) is 19.0 Å². The number of nitrogens with two attached hydrogens (primary N) is 2. The number of nitrogen functional groups attached to an aromatic ring is 1. The third-order valence-corrected chi connectivity index (χ3v) is 2.85. The van der Waals surface area contributed by atoms with Gasteiger partial charge in [0.1, 0.15) is 0 Å². The van der Waals surface area contributed by atoms with Crippen LogP contribution in [-0.2, 0) is 5.67 Å². The molecule has 4 N–H and O–H groups in total. The zero-order valence-electron chi connectivity index (χ0n) is 6.88. The largest absolute Gasteiger partial charge is 0.375 e. The third kappa shape index (κ3) is 1.56. The summed E-state index contributed by atoms with van der Waals surface area (Å²) < 4.78 is 13.8. The highest BCUT2D eigenvalue weighted by Gasteiger charge is 2.30. The lowest BCUT2D eigenvalue weighted by atomic mass is 10.0.